The molecule has 0 bridgehead atoms. The summed E-state index contributed by atoms with van der Waals surface area (Å²) in [5, 5.41) is 26.6. The number of rotatable bonds is 3. The minimum absolute atomic E-state index is 0.0102. The summed E-state index contributed by atoms with van der Waals surface area (Å²) in [6, 6.07) is 3.70. The lowest BCUT2D eigenvalue weighted by Crippen LogP contribution is -2.26. The first-order valence-electron chi connectivity index (χ1n) is 7.57. The maximum Gasteiger partial charge on any atom is 0.490 e. The van der Waals surface area contributed by atoms with Crippen LogP contribution in [0.1, 0.15) is 28.0 Å². The quantitative estimate of drug-likeness (QED) is 0.666. The number of halogens is 5. The second kappa shape index (κ2) is 8.65. The molecule has 0 spiro atoms. The number of nitrogens with one attached hydrogen (secondary N) is 1. The fraction of sp³-hybridized carbons (Fsp3) is 0.333. The topological polar surface area (TPSA) is 125 Å². The number of aromatic amines is 1. The summed E-state index contributed by atoms with van der Waals surface area (Å²) in [7, 11) is 0. The first-order chi connectivity index (χ1) is 13.0. The highest BCUT2D eigenvalue weighted by atomic mass is 35.5. The van der Waals surface area contributed by atoms with Crippen LogP contribution in [0.2, 0.25) is 10.0 Å². The number of ether oxygens (including phenoxy) is 1. The molecule has 1 aromatic heterocycles. The molecule has 1 aliphatic carbocycles. The maximum atomic E-state index is 11.0. The van der Waals surface area contributed by atoms with Gasteiger partial charge in [-0.05, 0) is 36.1 Å². The van der Waals surface area contributed by atoms with E-state index in [0.717, 1.165) is 24.0 Å². The zero-order chi connectivity index (χ0) is 21.1. The van der Waals surface area contributed by atoms with Crippen molar-refractivity contribution in [1.29, 1.82) is 0 Å². The fourth-order valence-corrected chi connectivity index (χ4v) is 2.79. The molecule has 0 fully saturated rings. The predicted octanol–water partition coefficient (Wildman–Crippen LogP) is 3.38. The number of benzene rings is 1. The number of aromatic carboxylic acids is 1. The second-order valence-electron chi connectivity index (χ2n) is 5.62. The van der Waals surface area contributed by atoms with Crippen LogP contribution in [0.15, 0.2) is 12.1 Å². The van der Waals surface area contributed by atoms with Gasteiger partial charge in [0, 0.05) is 6.42 Å². The second-order valence-corrected chi connectivity index (χ2v) is 6.43. The van der Waals surface area contributed by atoms with E-state index in [-0.39, 0.29) is 17.7 Å². The van der Waals surface area contributed by atoms with Gasteiger partial charge in [-0.15, -0.1) is 0 Å². The van der Waals surface area contributed by atoms with Crippen molar-refractivity contribution in [2.75, 3.05) is 0 Å². The first-order valence-corrected chi connectivity index (χ1v) is 8.32. The lowest BCUT2D eigenvalue weighted by atomic mass is 9.90. The molecule has 1 atom stereocenters. The van der Waals surface area contributed by atoms with E-state index in [1.807, 2.05) is 12.1 Å². The van der Waals surface area contributed by atoms with Gasteiger partial charge in [0.15, 0.2) is 0 Å². The van der Waals surface area contributed by atoms with Gasteiger partial charge in [0.2, 0.25) is 5.69 Å². The van der Waals surface area contributed by atoms with Gasteiger partial charge in [-0.2, -0.15) is 13.2 Å². The third kappa shape index (κ3) is 5.49. The van der Waals surface area contributed by atoms with Gasteiger partial charge >= 0.3 is 18.1 Å². The van der Waals surface area contributed by atoms with Crippen LogP contribution in [0.5, 0.6) is 5.88 Å². The summed E-state index contributed by atoms with van der Waals surface area (Å²) in [5.41, 5.74) is 2.05. The van der Waals surface area contributed by atoms with Gasteiger partial charge in [-0.25, -0.2) is 14.7 Å². The minimum Gasteiger partial charge on any atom is -0.476 e. The van der Waals surface area contributed by atoms with E-state index in [2.05, 4.69) is 15.4 Å². The number of fused-ring (bicyclic) bond motifs is 1. The minimum atomic E-state index is -5.08. The maximum absolute atomic E-state index is 11.0. The van der Waals surface area contributed by atoms with E-state index in [0.29, 0.717) is 16.5 Å². The van der Waals surface area contributed by atoms with Crippen molar-refractivity contribution in [3.05, 3.63) is 39.0 Å². The van der Waals surface area contributed by atoms with Crippen LogP contribution in [0, 0.1) is 0 Å². The van der Waals surface area contributed by atoms with Crippen molar-refractivity contribution in [2.24, 2.45) is 0 Å². The lowest BCUT2D eigenvalue weighted by Gasteiger charge is -2.25. The SMILES string of the molecule is O=C(O)C(F)(F)F.O=C(O)c1[nH]nnc1OC1CCc2cc(Cl)c(Cl)cc2C1. The number of carboxylic acids is 2. The van der Waals surface area contributed by atoms with Crippen LogP contribution in [0.3, 0.4) is 0 Å². The number of carboxylic acid groups (broad SMARTS) is 2. The highest BCUT2D eigenvalue weighted by Crippen LogP contribution is 2.31. The third-order valence-corrected chi connectivity index (χ3v) is 4.40. The average molecular weight is 442 g/mol. The molecule has 0 amide bonds. The number of nitrogens with zero attached hydrogens (tertiary/aromatic N) is 2. The van der Waals surface area contributed by atoms with Crippen molar-refractivity contribution in [2.45, 2.75) is 31.5 Å². The van der Waals surface area contributed by atoms with Crippen LogP contribution in [0.25, 0.3) is 0 Å². The van der Waals surface area contributed by atoms with Crippen LogP contribution in [-0.4, -0.2) is 49.8 Å². The van der Waals surface area contributed by atoms with Gasteiger partial charge in [0.25, 0.3) is 5.88 Å². The predicted molar refractivity (Wildman–Crippen MR) is 89.9 cm³/mol. The number of alkyl halides is 3. The highest BCUT2D eigenvalue weighted by molar-refractivity contribution is 6.42. The normalized spacial score (nSPS) is 15.8. The molecule has 1 heterocycles. The summed E-state index contributed by atoms with van der Waals surface area (Å²) >= 11 is 12.0. The van der Waals surface area contributed by atoms with Crippen molar-refractivity contribution < 1.29 is 37.7 Å². The largest absolute Gasteiger partial charge is 0.490 e. The number of hydrogen-bond acceptors (Lipinski definition) is 5. The molecular formula is C15H12Cl2F3N3O5. The zero-order valence-corrected chi connectivity index (χ0v) is 15.3. The zero-order valence-electron chi connectivity index (χ0n) is 13.8. The Morgan fingerprint density at radius 2 is 1.75 bits per heavy atom. The summed E-state index contributed by atoms with van der Waals surface area (Å²) in [6.07, 6.45) is -3.09. The van der Waals surface area contributed by atoms with Crippen LogP contribution in [0.4, 0.5) is 13.2 Å². The van der Waals surface area contributed by atoms with Crippen molar-refractivity contribution in [1.82, 2.24) is 15.4 Å². The molecular weight excluding hydrogens is 430 g/mol. The van der Waals surface area contributed by atoms with Crippen molar-refractivity contribution >= 4 is 35.1 Å². The molecule has 1 unspecified atom stereocenters. The highest BCUT2D eigenvalue weighted by Gasteiger charge is 2.38. The number of carbonyl (C=O) groups is 2. The van der Waals surface area contributed by atoms with E-state index in [4.69, 9.17) is 42.9 Å². The number of aryl methyl sites for hydroxylation is 1. The van der Waals surface area contributed by atoms with E-state index < -0.39 is 18.1 Å². The molecule has 152 valence electrons. The number of aliphatic carboxylic acids is 1. The van der Waals surface area contributed by atoms with Crippen LogP contribution >= 0.6 is 23.2 Å². The summed E-state index contributed by atoms with van der Waals surface area (Å²) in [5.74, 6) is -3.90. The van der Waals surface area contributed by atoms with Gasteiger partial charge < -0.3 is 14.9 Å². The van der Waals surface area contributed by atoms with Crippen LogP contribution < -0.4 is 4.74 Å². The molecule has 0 aliphatic heterocycles. The van der Waals surface area contributed by atoms with Gasteiger partial charge in [0.1, 0.15) is 6.10 Å². The molecule has 8 nitrogen and oxygen atoms in total. The van der Waals surface area contributed by atoms with Gasteiger partial charge in [0.05, 0.1) is 10.0 Å². The Morgan fingerprint density at radius 1 is 1.18 bits per heavy atom. The van der Waals surface area contributed by atoms with Gasteiger partial charge in [-0.3, -0.25) is 0 Å². The molecule has 3 rings (SSSR count). The summed E-state index contributed by atoms with van der Waals surface area (Å²) < 4.78 is 37.4. The Hall–Kier alpha value is -2.53. The van der Waals surface area contributed by atoms with Crippen LogP contribution in [-0.2, 0) is 17.6 Å². The van der Waals surface area contributed by atoms with Crippen molar-refractivity contribution in [3.8, 4) is 5.88 Å². The molecule has 28 heavy (non-hydrogen) atoms. The Labute approximate surface area is 165 Å². The molecule has 1 aromatic carbocycles. The van der Waals surface area contributed by atoms with Crippen molar-refractivity contribution in [3.63, 3.8) is 0 Å². The summed E-state index contributed by atoms with van der Waals surface area (Å²) in [4.78, 5) is 19.9. The number of aromatic nitrogens is 3. The molecule has 2 aromatic rings. The molecule has 13 heteroatoms. The molecule has 3 N–H and O–H groups in total. The Bertz CT molecular complexity index is 888. The van der Waals surface area contributed by atoms with E-state index in [1.165, 1.54) is 0 Å². The standard InChI is InChI=1S/C13H11Cl2N3O3.C2HF3O2/c14-9-4-6-1-2-8(3-7(6)5-10(9)15)21-12-11(13(19)20)16-18-17-12;3-2(4,5)1(6)7/h4-5,8H,1-3H2,(H,19,20)(H,16,17,18);(H,6,7). The lowest BCUT2D eigenvalue weighted by molar-refractivity contribution is -0.192. The Kier molecular flexibility index (Phi) is 6.73. The van der Waals surface area contributed by atoms with E-state index >= 15 is 0 Å². The average Bonchev–Trinajstić information content (AvgIpc) is 3.04. The molecule has 0 radical (unpaired) electrons. The fourth-order valence-electron chi connectivity index (χ4n) is 2.41. The number of hydrogen-bond donors (Lipinski definition) is 3. The Balaban J connectivity index is 0.000000345. The van der Waals surface area contributed by atoms with E-state index in [1.54, 1.807) is 0 Å². The number of H-pyrrole nitrogens is 1. The third-order valence-electron chi connectivity index (χ3n) is 3.68. The first kappa shape index (κ1) is 21.8. The monoisotopic (exact) mass is 441 g/mol. The van der Waals surface area contributed by atoms with Gasteiger partial charge in [-0.1, -0.05) is 33.5 Å². The smallest absolute Gasteiger partial charge is 0.476 e. The molecule has 1 aliphatic rings. The Morgan fingerprint density at radius 3 is 2.29 bits per heavy atom. The summed E-state index contributed by atoms with van der Waals surface area (Å²) in [6.45, 7) is 0. The molecule has 0 saturated carbocycles. The van der Waals surface area contributed by atoms with E-state index in [9.17, 15) is 18.0 Å². The molecule has 0 saturated heterocycles.